The molecule has 3 aromatic rings. The Morgan fingerprint density at radius 3 is 2.52 bits per heavy atom. The molecule has 0 aliphatic heterocycles. The number of rotatable bonds is 3. The van der Waals surface area contributed by atoms with Crippen molar-refractivity contribution in [2.75, 3.05) is 7.11 Å². The fraction of sp³-hybridized carbons (Fsp3) is 0.118. The molecule has 3 rings (SSSR count). The van der Waals surface area contributed by atoms with E-state index in [0.29, 0.717) is 0 Å². The molecule has 0 spiro atoms. The van der Waals surface area contributed by atoms with Crippen molar-refractivity contribution >= 4 is 22.8 Å². The van der Waals surface area contributed by atoms with Crippen molar-refractivity contribution in [2.24, 2.45) is 12.0 Å². The first kappa shape index (κ1) is 13.2. The van der Waals surface area contributed by atoms with Crippen LogP contribution in [-0.4, -0.2) is 23.0 Å². The van der Waals surface area contributed by atoms with E-state index in [0.717, 1.165) is 27.9 Å². The maximum atomic E-state index is 10.2. The Labute approximate surface area is 122 Å². The van der Waals surface area contributed by atoms with E-state index in [2.05, 4.69) is 4.99 Å². The summed E-state index contributed by atoms with van der Waals surface area (Å²) in [6.07, 6.45) is 1.69. The minimum absolute atomic E-state index is 0.216. The Bertz CT molecular complexity index is 802. The number of hydrogen-bond acceptors (Lipinski definition) is 3. The van der Waals surface area contributed by atoms with Crippen molar-refractivity contribution in [1.82, 2.24) is 4.57 Å². The van der Waals surface area contributed by atoms with Crippen molar-refractivity contribution in [1.29, 1.82) is 0 Å². The molecule has 1 heterocycles. The van der Waals surface area contributed by atoms with E-state index in [4.69, 9.17) is 4.74 Å². The molecule has 4 nitrogen and oxygen atoms in total. The lowest BCUT2D eigenvalue weighted by atomic mass is 10.2. The van der Waals surface area contributed by atoms with E-state index >= 15 is 0 Å². The molecule has 0 unspecified atom stereocenters. The number of hydrogen-bond donors (Lipinski definition) is 1. The quantitative estimate of drug-likeness (QED) is 0.744. The molecular weight excluding hydrogens is 264 g/mol. The van der Waals surface area contributed by atoms with Gasteiger partial charge in [-0.15, -0.1) is 0 Å². The van der Waals surface area contributed by atoms with Crippen LogP contribution in [-0.2, 0) is 7.05 Å². The molecule has 1 N–H and O–H groups in total. The maximum Gasteiger partial charge on any atom is 0.200 e. The highest BCUT2D eigenvalue weighted by Crippen LogP contribution is 2.29. The molecule has 0 aliphatic carbocycles. The van der Waals surface area contributed by atoms with Gasteiger partial charge in [-0.3, -0.25) is 4.99 Å². The van der Waals surface area contributed by atoms with Gasteiger partial charge in [-0.1, -0.05) is 18.2 Å². The number of aromatic hydroxyl groups is 1. The van der Waals surface area contributed by atoms with Crippen molar-refractivity contribution in [3.05, 3.63) is 54.1 Å². The molecule has 0 saturated heterocycles. The minimum atomic E-state index is 0.216. The first-order chi connectivity index (χ1) is 10.2. The van der Waals surface area contributed by atoms with Gasteiger partial charge < -0.3 is 14.4 Å². The Kier molecular flexibility index (Phi) is 3.36. The lowest BCUT2D eigenvalue weighted by Gasteiger charge is -1.99. The zero-order chi connectivity index (χ0) is 14.8. The summed E-state index contributed by atoms with van der Waals surface area (Å²) in [5.74, 6) is 1.01. The number of benzene rings is 2. The Morgan fingerprint density at radius 2 is 1.81 bits per heavy atom. The van der Waals surface area contributed by atoms with E-state index in [9.17, 15) is 5.11 Å². The minimum Gasteiger partial charge on any atom is -0.497 e. The summed E-state index contributed by atoms with van der Waals surface area (Å²) in [5.41, 5.74) is 2.51. The van der Waals surface area contributed by atoms with E-state index in [1.807, 2.05) is 55.6 Å². The number of fused-ring (bicyclic) bond motifs is 1. The number of ether oxygens (including phenoxy) is 1. The fourth-order valence-corrected chi connectivity index (χ4v) is 2.34. The van der Waals surface area contributed by atoms with Gasteiger partial charge in [0, 0.05) is 18.6 Å². The van der Waals surface area contributed by atoms with E-state index in [1.54, 1.807) is 17.9 Å². The third-order valence-electron chi connectivity index (χ3n) is 3.53. The van der Waals surface area contributed by atoms with Crippen LogP contribution in [0.4, 0.5) is 5.69 Å². The summed E-state index contributed by atoms with van der Waals surface area (Å²) < 4.78 is 6.87. The van der Waals surface area contributed by atoms with E-state index in [-0.39, 0.29) is 5.88 Å². The van der Waals surface area contributed by atoms with Crippen LogP contribution in [0.3, 0.4) is 0 Å². The number of methoxy groups -OCH3 is 1. The largest absolute Gasteiger partial charge is 0.497 e. The topological polar surface area (TPSA) is 46.8 Å². The third-order valence-corrected chi connectivity index (χ3v) is 3.53. The van der Waals surface area contributed by atoms with Crippen LogP contribution in [0, 0.1) is 0 Å². The van der Waals surface area contributed by atoms with E-state index < -0.39 is 0 Å². The number of nitrogens with zero attached hydrogens (tertiary/aromatic N) is 2. The molecule has 0 fully saturated rings. The summed E-state index contributed by atoms with van der Waals surface area (Å²) in [4.78, 5) is 4.42. The molecule has 1 aromatic heterocycles. The maximum absolute atomic E-state index is 10.2. The molecule has 106 valence electrons. The second kappa shape index (κ2) is 5.32. The second-order valence-electron chi connectivity index (χ2n) is 4.77. The zero-order valence-corrected chi connectivity index (χ0v) is 11.9. The smallest absolute Gasteiger partial charge is 0.200 e. The van der Waals surface area contributed by atoms with Gasteiger partial charge in [0.1, 0.15) is 5.75 Å². The van der Waals surface area contributed by atoms with Gasteiger partial charge in [-0.25, -0.2) is 0 Å². The van der Waals surface area contributed by atoms with Crippen LogP contribution >= 0.6 is 0 Å². The average molecular weight is 280 g/mol. The standard InChI is InChI=1S/C17H16N2O2/c1-19-16-6-4-3-5-14(16)15(17(19)20)11-18-12-7-9-13(21-2)10-8-12/h3-11,20H,1-2H3. The second-order valence-corrected chi connectivity index (χ2v) is 4.77. The fourth-order valence-electron chi connectivity index (χ4n) is 2.34. The van der Waals surface area contributed by atoms with Crippen LogP contribution in [0.1, 0.15) is 5.56 Å². The van der Waals surface area contributed by atoms with Crippen molar-refractivity contribution < 1.29 is 9.84 Å². The van der Waals surface area contributed by atoms with Crippen LogP contribution in [0.15, 0.2) is 53.5 Å². The van der Waals surface area contributed by atoms with Gasteiger partial charge >= 0.3 is 0 Å². The highest BCUT2D eigenvalue weighted by Gasteiger charge is 2.11. The molecule has 4 heteroatoms. The number of aliphatic imine (C=N–C) groups is 1. The lowest BCUT2D eigenvalue weighted by Crippen LogP contribution is -1.86. The Morgan fingerprint density at radius 1 is 1.10 bits per heavy atom. The zero-order valence-electron chi connectivity index (χ0n) is 11.9. The Balaban J connectivity index is 2.01. The van der Waals surface area contributed by atoms with Gasteiger partial charge in [0.25, 0.3) is 0 Å². The van der Waals surface area contributed by atoms with Gasteiger partial charge in [-0.2, -0.15) is 0 Å². The molecule has 0 amide bonds. The molecule has 21 heavy (non-hydrogen) atoms. The molecule has 0 atom stereocenters. The number of aryl methyl sites for hydroxylation is 1. The summed E-state index contributed by atoms with van der Waals surface area (Å²) in [5, 5.41) is 11.2. The van der Waals surface area contributed by atoms with E-state index in [1.165, 1.54) is 0 Å². The number of aromatic nitrogens is 1. The van der Waals surface area contributed by atoms with Gasteiger partial charge in [0.15, 0.2) is 0 Å². The molecule has 0 radical (unpaired) electrons. The van der Waals surface area contributed by atoms with Crippen molar-refractivity contribution in [3.8, 4) is 11.6 Å². The molecular formula is C17H16N2O2. The highest BCUT2D eigenvalue weighted by molar-refractivity contribution is 6.03. The summed E-state index contributed by atoms with van der Waals surface area (Å²) >= 11 is 0. The van der Waals surface area contributed by atoms with Crippen molar-refractivity contribution in [2.45, 2.75) is 0 Å². The van der Waals surface area contributed by atoms with Crippen LogP contribution in [0.5, 0.6) is 11.6 Å². The van der Waals surface area contributed by atoms with Gasteiger partial charge in [-0.05, 0) is 30.3 Å². The predicted octanol–water partition coefficient (Wildman–Crippen LogP) is 3.64. The normalized spacial score (nSPS) is 11.3. The predicted molar refractivity (Wildman–Crippen MR) is 84.8 cm³/mol. The lowest BCUT2D eigenvalue weighted by molar-refractivity contribution is 0.415. The van der Waals surface area contributed by atoms with Gasteiger partial charge in [0.05, 0.1) is 23.9 Å². The van der Waals surface area contributed by atoms with Crippen molar-refractivity contribution in [3.63, 3.8) is 0 Å². The average Bonchev–Trinajstić information content (AvgIpc) is 2.78. The van der Waals surface area contributed by atoms with Crippen LogP contribution in [0.25, 0.3) is 10.9 Å². The summed E-state index contributed by atoms with van der Waals surface area (Å²) in [7, 11) is 3.47. The Hall–Kier alpha value is -2.75. The molecule has 0 bridgehead atoms. The first-order valence-corrected chi connectivity index (χ1v) is 6.65. The van der Waals surface area contributed by atoms with Crippen LogP contribution < -0.4 is 4.74 Å². The van der Waals surface area contributed by atoms with Gasteiger partial charge in [0.2, 0.25) is 5.88 Å². The monoisotopic (exact) mass is 280 g/mol. The molecule has 0 saturated carbocycles. The third kappa shape index (κ3) is 2.36. The van der Waals surface area contributed by atoms with Crippen LogP contribution in [0.2, 0.25) is 0 Å². The SMILES string of the molecule is COc1ccc(N=Cc2c(O)n(C)c3ccccc23)cc1. The molecule has 2 aromatic carbocycles. The molecule has 0 aliphatic rings. The first-order valence-electron chi connectivity index (χ1n) is 6.65. The number of para-hydroxylation sites is 1. The highest BCUT2D eigenvalue weighted by atomic mass is 16.5. The summed E-state index contributed by atoms with van der Waals surface area (Å²) in [6.45, 7) is 0. The summed E-state index contributed by atoms with van der Waals surface area (Å²) in [6, 6.07) is 15.3.